The molecule has 3 nitrogen and oxygen atoms in total. The molecule has 0 aliphatic heterocycles. The molecule has 0 bridgehead atoms. The third-order valence-corrected chi connectivity index (χ3v) is 2.69. The van der Waals surface area contributed by atoms with E-state index in [4.69, 9.17) is 5.73 Å². The van der Waals surface area contributed by atoms with Gasteiger partial charge in [-0.3, -0.25) is 4.79 Å². The second-order valence-corrected chi connectivity index (χ2v) is 4.18. The Balaban J connectivity index is 2.85. The first-order chi connectivity index (χ1) is 7.36. The van der Waals surface area contributed by atoms with Gasteiger partial charge in [-0.15, -0.1) is 0 Å². The number of amides is 1. The number of aryl methyl sites for hydroxylation is 1. The zero-order valence-electron chi connectivity index (χ0n) is 9.80. The summed E-state index contributed by atoms with van der Waals surface area (Å²) in [5.41, 5.74) is 6.17. The van der Waals surface area contributed by atoms with E-state index in [1.165, 1.54) is 18.2 Å². The minimum Gasteiger partial charge on any atom is -0.324 e. The van der Waals surface area contributed by atoms with E-state index in [0.29, 0.717) is 17.7 Å². The minimum absolute atomic E-state index is 0.260. The van der Waals surface area contributed by atoms with Crippen LogP contribution in [0.3, 0.4) is 0 Å². The highest BCUT2D eigenvalue weighted by molar-refractivity contribution is 5.98. The van der Waals surface area contributed by atoms with E-state index in [2.05, 4.69) is 5.32 Å². The maximum absolute atomic E-state index is 12.8. The Hall–Kier alpha value is -1.42. The van der Waals surface area contributed by atoms with Crippen LogP contribution in [0, 0.1) is 12.7 Å². The molecule has 0 aliphatic rings. The maximum atomic E-state index is 12.8. The fourth-order valence-corrected chi connectivity index (χ4v) is 1.19. The lowest BCUT2D eigenvalue weighted by Crippen LogP contribution is -2.47. The number of hydrogen-bond donors (Lipinski definition) is 2. The number of carbonyl (C=O) groups excluding carboxylic acids is 1. The van der Waals surface area contributed by atoms with Gasteiger partial charge in [0.15, 0.2) is 0 Å². The molecular formula is C12H17FN2O. The predicted octanol–water partition coefficient (Wildman–Crippen LogP) is 2.20. The standard InChI is InChI=1S/C12H17FN2O/c1-4-12(3,14)11(16)15-10-6-5-9(13)7-8(10)2/h5-7H,4,14H2,1-3H3,(H,15,16). The molecule has 0 saturated carbocycles. The van der Waals surface area contributed by atoms with E-state index in [9.17, 15) is 9.18 Å². The topological polar surface area (TPSA) is 55.1 Å². The summed E-state index contributed by atoms with van der Waals surface area (Å²) in [7, 11) is 0. The van der Waals surface area contributed by atoms with Crippen molar-refractivity contribution in [2.45, 2.75) is 32.7 Å². The number of nitrogens with two attached hydrogens (primary N) is 1. The van der Waals surface area contributed by atoms with Gasteiger partial charge in [-0.1, -0.05) is 6.92 Å². The third kappa shape index (κ3) is 2.79. The number of nitrogens with one attached hydrogen (secondary N) is 1. The molecule has 1 amide bonds. The molecule has 1 rings (SSSR count). The van der Waals surface area contributed by atoms with Crippen molar-refractivity contribution < 1.29 is 9.18 Å². The van der Waals surface area contributed by atoms with Gasteiger partial charge in [0.25, 0.3) is 0 Å². The zero-order chi connectivity index (χ0) is 12.3. The molecule has 88 valence electrons. The SMILES string of the molecule is CCC(C)(N)C(=O)Nc1ccc(F)cc1C. The molecule has 0 aliphatic carbocycles. The van der Waals surface area contributed by atoms with Gasteiger partial charge < -0.3 is 11.1 Å². The van der Waals surface area contributed by atoms with Crippen molar-refractivity contribution in [3.05, 3.63) is 29.6 Å². The van der Waals surface area contributed by atoms with Crippen molar-refractivity contribution in [3.63, 3.8) is 0 Å². The van der Waals surface area contributed by atoms with Gasteiger partial charge in [0.05, 0.1) is 5.54 Å². The van der Waals surface area contributed by atoms with Gasteiger partial charge in [-0.05, 0) is 44.0 Å². The van der Waals surface area contributed by atoms with Crippen molar-refractivity contribution >= 4 is 11.6 Å². The number of carbonyl (C=O) groups is 1. The lowest BCUT2D eigenvalue weighted by atomic mass is 9.99. The van der Waals surface area contributed by atoms with E-state index < -0.39 is 5.54 Å². The summed E-state index contributed by atoms with van der Waals surface area (Å²) in [6, 6.07) is 4.21. The quantitative estimate of drug-likeness (QED) is 0.827. The summed E-state index contributed by atoms with van der Waals surface area (Å²) in [6.07, 6.45) is 0.541. The summed E-state index contributed by atoms with van der Waals surface area (Å²) in [5, 5.41) is 2.70. The molecule has 0 heterocycles. The largest absolute Gasteiger partial charge is 0.324 e. The Labute approximate surface area is 94.8 Å². The molecule has 16 heavy (non-hydrogen) atoms. The first-order valence-corrected chi connectivity index (χ1v) is 5.23. The van der Waals surface area contributed by atoms with E-state index in [-0.39, 0.29) is 11.7 Å². The normalized spacial score (nSPS) is 14.3. The number of hydrogen-bond acceptors (Lipinski definition) is 2. The van der Waals surface area contributed by atoms with Gasteiger partial charge in [-0.2, -0.15) is 0 Å². The third-order valence-electron chi connectivity index (χ3n) is 2.69. The van der Waals surface area contributed by atoms with E-state index in [1.807, 2.05) is 6.92 Å². The predicted molar refractivity (Wildman–Crippen MR) is 62.7 cm³/mol. The molecule has 1 atom stereocenters. The molecule has 1 aromatic rings. The number of benzene rings is 1. The lowest BCUT2D eigenvalue weighted by Gasteiger charge is -2.22. The van der Waals surface area contributed by atoms with Gasteiger partial charge in [0, 0.05) is 5.69 Å². The van der Waals surface area contributed by atoms with Crippen LogP contribution in [-0.4, -0.2) is 11.4 Å². The van der Waals surface area contributed by atoms with Crippen LogP contribution < -0.4 is 11.1 Å². The van der Waals surface area contributed by atoms with Crippen LogP contribution >= 0.6 is 0 Å². The highest BCUT2D eigenvalue weighted by atomic mass is 19.1. The van der Waals surface area contributed by atoms with E-state index in [0.717, 1.165) is 0 Å². The highest BCUT2D eigenvalue weighted by Crippen LogP contribution is 2.17. The molecule has 0 spiro atoms. The van der Waals surface area contributed by atoms with Crippen LogP contribution in [0.2, 0.25) is 0 Å². The van der Waals surface area contributed by atoms with Gasteiger partial charge in [-0.25, -0.2) is 4.39 Å². The number of anilines is 1. The van der Waals surface area contributed by atoms with Crippen molar-refractivity contribution in [2.24, 2.45) is 5.73 Å². The lowest BCUT2D eigenvalue weighted by molar-refractivity contribution is -0.120. The molecule has 0 radical (unpaired) electrons. The Morgan fingerprint density at radius 1 is 1.56 bits per heavy atom. The van der Waals surface area contributed by atoms with Crippen LogP contribution in [0.5, 0.6) is 0 Å². The van der Waals surface area contributed by atoms with Crippen LogP contribution in [0.15, 0.2) is 18.2 Å². The summed E-state index contributed by atoms with van der Waals surface area (Å²) in [4.78, 5) is 11.8. The zero-order valence-corrected chi connectivity index (χ0v) is 9.80. The van der Waals surface area contributed by atoms with Gasteiger partial charge in [0.2, 0.25) is 5.91 Å². The second-order valence-electron chi connectivity index (χ2n) is 4.18. The molecule has 4 heteroatoms. The van der Waals surface area contributed by atoms with Gasteiger partial charge in [0.1, 0.15) is 5.82 Å². The number of halogens is 1. The summed E-state index contributed by atoms with van der Waals surface area (Å²) in [6.45, 7) is 5.25. The van der Waals surface area contributed by atoms with Crippen molar-refractivity contribution in [1.29, 1.82) is 0 Å². The van der Waals surface area contributed by atoms with Crippen LogP contribution in [0.25, 0.3) is 0 Å². The van der Waals surface area contributed by atoms with Crippen LogP contribution in [0.1, 0.15) is 25.8 Å². The first kappa shape index (κ1) is 12.6. The molecule has 1 unspecified atom stereocenters. The Morgan fingerprint density at radius 3 is 2.69 bits per heavy atom. The van der Waals surface area contributed by atoms with E-state index in [1.54, 1.807) is 13.8 Å². The fourth-order valence-electron chi connectivity index (χ4n) is 1.19. The summed E-state index contributed by atoms with van der Waals surface area (Å²) >= 11 is 0. The van der Waals surface area contributed by atoms with Crippen molar-refractivity contribution in [2.75, 3.05) is 5.32 Å². The van der Waals surface area contributed by atoms with Crippen molar-refractivity contribution in [1.82, 2.24) is 0 Å². The molecule has 1 aromatic carbocycles. The van der Waals surface area contributed by atoms with Crippen LogP contribution in [-0.2, 0) is 4.79 Å². The molecule has 0 saturated heterocycles. The maximum Gasteiger partial charge on any atom is 0.244 e. The van der Waals surface area contributed by atoms with Gasteiger partial charge >= 0.3 is 0 Å². The summed E-state index contributed by atoms with van der Waals surface area (Å²) in [5.74, 6) is -0.578. The second kappa shape index (κ2) is 4.61. The molecule has 0 aromatic heterocycles. The number of rotatable bonds is 3. The average molecular weight is 224 g/mol. The molecule has 0 fully saturated rings. The molecular weight excluding hydrogens is 207 g/mol. The first-order valence-electron chi connectivity index (χ1n) is 5.23. The Kier molecular flexibility index (Phi) is 3.65. The summed E-state index contributed by atoms with van der Waals surface area (Å²) < 4.78 is 12.8. The Morgan fingerprint density at radius 2 is 2.19 bits per heavy atom. The Bertz CT molecular complexity index is 402. The monoisotopic (exact) mass is 224 g/mol. The highest BCUT2D eigenvalue weighted by Gasteiger charge is 2.26. The van der Waals surface area contributed by atoms with Crippen LogP contribution in [0.4, 0.5) is 10.1 Å². The average Bonchev–Trinajstić information content (AvgIpc) is 2.22. The molecule has 3 N–H and O–H groups in total. The minimum atomic E-state index is -0.902. The fraction of sp³-hybridized carbons (Fsp3) is 0.417. The smallest absolute Gasteiger partial charge is 0.244 e. The van der Waals surface area contributed by atoms with Crippen molar-refractivity contribution in [3.8, 4) is 0 Å². The van der Waals surface area contributed by atoms with E-state index >= 15 is 0 Å².